The fourth-order valence-corrected chi connectivity index (χ4v) is 2.48. The second-order valence-corrected chi connectivity index (χ2v) is 6.30. The van der Waals surface area contributed by atoms with Gasteiger partial charge in [0.15, 0.2) is 6.61 Å². The molecule has 0 aliphatic carbocycles. The maximum atomic E-state index is 11.5. The quantitative estimate of drug-likeness (QED) is 0.618. The fraction of sp³-hybridized carbons (Fsp3) is 0.125. The van der Waals surface area contributed by atoms with Crippen LogP contribution in [0, 0.1) is 0 Å². The lowest BCUT2D eigenvalue weighted by atomic mass is 10.2. The molecule has 0 fully saturated rings. The first-order valence-electron chi connectivity index (χ1n) is 6.53. The molecule has 0 bridgehead atoms. The number of benzene rings is 1. The first-order valence-corrected chi connectivity index (χ1v) is 8.20. The van der Waals surface area contributed by atoms with Crippen molar-refractivity contribution in [3.63, 3.8) is 0 Å². The third-order valence-corrected chi connectivity index (χ3v) is 4.07. The van der Waals surface area contributed by atoms with E-state index in [1.54, 1.807) is 17.4 Å². The molecule has 1 aromatic carbocycles. The highest BCUT2D eigenvalue weighted by molar-refractivity contribution is 9.10. The summed E-state index contributed by atoms with van der Waals surface area (Å²) in [6, 6.07) is 11.3. The van der Waals surface area contributed by atoms with E-state index in [2.05, 4.69) is 21.2 Å². The van der Waals surface area contributed by atoms with Gasteiger partial charge in [0.2, 0.25) is 0 Å². The van der Waals surface area contributed by atoms with E-state index in [0.717, 1.165) is 14.9 Å². The Balaban J connectivity index is 1.70. The van der Waals surface area contributed by atoms with Crippen LogP contribution in [-0.4, -0.2) is 18.5 Å². The Hall–Kier alpha value is -1.92. The van der Waals surface area contributed by atoms with E-state index in [4.69, 9.17) is 4.74 Å². The molecule has 0 saturated carbocycles. The van der Waals surface area contributed by atoms with Crippen molar-refractivity contribution in [3.8, 4) is 0 Å². The molecule has 0 saturated heterocycles. The van der Waals surface area contributed by atoms with Crippen LogP contribution in [-0.2, 0) is 20.9 Å². The minimum atomic E-state index is -0.547. The first kappa shape index (κ1) is 16.5. The summed E-state index contributed by atoms with van der Waals surface area (Å²) in [7, 11) is 0. The smallest absolute Gasteiger partial charge is 0.331 e. The number of carbonyl (C=O) groups is 2. The third-order valence-electron chi connectivity index (χ3n) is 2.67. The number of hydrogen-bond donors (Lipinski definition) is 1. The number of halogens is 1. The molecule has 2 aromatic rings. The zero-order valence-corrected chi connectivity index (χ0v) is 14.0. The lowest BCUT2D eigenvalue weighted by Crippen LogP contribution is -2.27. The number of esters is 1. The van der Waals surface area contributed by atoms with E-state index >= 15 is 0 Å². The Labute approximate surface area is 140 Å². The van der Waals surface area contributed by atoms with Crippen LogP contribution < -0.4 is 5.32 Å². The SMILES string of the molecule is O=C(COC(=O)/C=C/c1ccc(Br)cc1)NCc1cccs1. The molecule has 6 heteroatoms. The van der Waals surface area contributed by atoms with Gasteiger partial charge in [0.05, 0.1) is 6.54 Å². The zero-order valence-electron chi connectivity index (χ0n) is 11.6. The van der Waals surface area contributed by atoms with Gasteiger partial charge in [0.25, 0.3) is 5.91 Å². The molecule has 0 aliphatic heterocycles. The maximum absolute atomic E-state index is 11.5. The molecular formula is C16H14BrNO3S. The van der Waals surface area contributed by atoms with E-state index in [-0.39, 0.29) is 12.5 Å². The van der Waals surface area contributed by atoms with Gasteiger partial charge in [-0.25, -0.2) is 4.79 Å². The Morgan fingerprint density at radius 3 is 2.68 bits per heavy atom. The van der Waals surface area contributed by atoms with Crippen molar-refractivity contribution in [1.82, 2.24) is 5.32 Å². The summed E-state index contributed by atoms with van der Waals surface area (Å²) in [5.74, 6) is -0.868. The topological polar surface area (TPSA) is 55.4 Å². The van der Waals surface area contributed by atoms with Gasteiger partial charge in [-0.05, 0) is 35.2 Å². The number of rotatable bonds is 6. The van der Waals surface area contributed by atoms with Crippen LogP contribution in [0.2, 0.25) is 0 Å². The van der Waals surface area contributed by atoms with Crippen LogP contribution in [0.3, 0.4) is 0 Å². The lowest BCUT2D eigenvalue weighted by molar-refractivity contribution is -0.143. The summed E-state index contributed by atoms with van der Waals surface area (Å²) in [5, 5.41) is 4.62. The molecule has 1 aromatic heterocycles. The predicted octanol–water partition coefficient (Wildman–Crippen LogP) is 3.38. The fourth-order valence-electron chi connectivity index (χ4n) is 1.57. The minimum Gasteiger partial charge on any atom is -0.452 e. The molecule has 2 rings (SSSR count). The van der Waals surface area contributed by atoms with E-state index in [1.165, 1.54) is 6.08 Å². The predicted molar refractivity (Wildman–Crippen MR) is 90.3 cm³/mol. The molecule has 1 amide bonds. The average molecular weight is 380 g/mol. The van der Waals surface area contributed by atoms with Gasteiger partial charge in [0, 0.05) is 15.4 Å². The second-order valence-electron chi connectivity index (χ2n) is 4.35. The van der Waals surface area contributed by atoms with E-state index in [9.17, 15) is 9.59 Å². The van der Waals surface area contributed by atoms with Crippen LogP contribution in [0.25, 0.3) is 6.08 Å². The Morgan fingerprint density at radius 2 is 2.00 bits per heavy atom. The largest absolute Gasteiger partial charge is 0.452 e. The van der Waals surface area contributed by atoms with Gasteiger partial charge >= 0.3 is 5.97 Å². The number of hydrogen-bond acceptors (Lipinski definition) is 4. The number of amides is 1. The van der Waals surface area contributed by atoms with E-state index in [1.807, 2.05) is 41.8 Å². The van der Waals surface area contributed by atoms with Crippen molar-refractivity contribution in [3.05, 3.63) is 62.8 Å². The van der Waals surface area contributed by atoms with Crippen LogP contribution in [0.1, 0.15) is 10.4 Å². The minimum absolute atomic E-state index is 0.283. The molecule has 114 valence electrons. The molecule has 0 spiro atoms. The molecule has 0 unspecified atom stereocenters. The monoisotopic (exact) mass is 379 g/mol. The summed E-state index contributed by atoms with van der Waals surface area (Å²) in [5.41, 5.74) is 0.877. The number of nitrogens with one attached hydrogen (secondary N) is 1. The summed E-state index contributed by atoms with van der Waals surface area (Å²) in [6.07, 6.45) is 2.94. The lowest BCUT2D eigenvalue weighted by Gasteiger charge is -2.03. The normalized spacial score (nSPS) is 10.6. The van der Waals surface area contributed by atoms with Crippen molar-refractivity contribution < 1.29 is 14.3 Å². The standard InChI is InChI=1S/C16H14BrNO3S/c17-13-6-3-12(4-7-13)5-8-16(20)21-11-15(19)18-10-14-2-1-9-22-14/h1-9H,10-11H2,(H,18,19)/b8-5+. The Morgan fingerprint density at radius 1 is 1.23 bits per heavy atom. The molecule has 4 nitrogen and oxygen atoms in total. The highest BCUT2D eigenvalue weighted by atomic mass is 79.9. The van der Waals surface area contributed by atoms with Crippen molar-refractivity contribution >= 4 is 45.2 Å². The van der Waals surface area contributed by atoms with Gasteiger partial charge in [-0.2, -0.15) is 0 Å². The van der Waals surface area contributed by atoms with Crippen LogP contribution in [0.4, 0.5) is 0 Å². The van der Waals surface area contributed by atoms with E-state index in [0.29, 0.717) is 6.54 Å². The molecule has 0 aliphatic rings. The third kappa shape index (κ3) is 5.83. The van der Waals surface area contributed by atoms with Gasteiger partial charge in [-0.3, -0.25) is 4.79 Å². The molecule has 0 radical (unpaired) electrons. The van der Waals surface area contributed by atoms with Crippen molar-refractivity contribution in [2.45, 2.75) is 6.54 Å². The van der Waals surface area contributed by atoms with Crippen LogP contribution in [0.15, 0.2) is 52.3 Å². The summed E-state index contributed by atoms with van der Waals surface area (Å²) in [6.45, 7) is 0.164. The highest BCUT2D eigenvalue weighted by Gasteiger charge is 2.05. The second kappa shape index (κ2) is 8.51. The molecule has 0 atom stereocenters. The van der Waals surface area contributed by atoms with Crippen LogP contribution >= 0.6 is 27.3 Å². The van der Waals surface area contributed by atoms with Crippen molar-refractivity contribution in [1.29, 1.82) is 0 Å². The molecule has 1 heterocycles. The number of thiophene rings is 1. The van der Waals surface area contributed by atoms with Crippen LogP contribution in [0.5, 0.6) is 0 Å². The van der Waals surface area contributed by atoms with Gasteiger partial charge in [-0.15, -0.1) is 11.3 Å². The maximum Gasteiger partial charge on any atom is 0.331 e. The summed E-state index contributed by atoms with van der Waals surface area (Å²) in [4.78, 5) is 24.1. The zero-order chi connectivity index (χ0) is 15.8. The number of carbonyl (C=O) groups excluding carboxylic acids is 2. The summed E-state index contributed by atoms with van der Waals surface area (Å²) < 4.78 is 5.84. The number of ether oxygens (including phenoxy) is 1. The van der Waals surface area contributed by atoms with E-state index < -0.39 is 5.97 Å². The van der Waals surface area contributed by atoms with Gasteiger partial charge in [0.1, 0.15) is 0 Å². The molecular weight excluding hydrogens is 366 g/mol. The average Bonchev–Trinajstić information content (AvgIpc) is 3.04. The Kier molecular flexibility index (Phi) is 6.36. The molecule has 22 heavy (non-hydrogen) atoms. The summed E-state index contributed by atoms with van der Waals surface area (Å²) >= 11 is 4.89. The highest BCUT2D eigenvalue weighted by Crippen LogP contribution is 2.11. The van der Waals surface area contributed by atoms with Gasteiger partial charge < -0.3 is 10.1 Å². The van der Waals surface area contributed by atoms with Gasteiger partial charge in [-0.1, -0.05) is 34.1 Å². The first-order chi connectivity index (χ1) is 10.6. The Bertz CT molecular complexity index is 651. The van der Waals surface area contributed by atoms with Crippen molar-refractivity contribution in [2.75, 3.05) is 6.61 Å². The van der Waals surface area contributed by atoms with Crippen molar-refractivity contribution in [2.24, 2.45) is 0 Å². The molecule has 1 N–H and O–H groups in total.